The van der Waals surface area contributed by atoms with Gasteiger partial charge < -0.3 is 19.7 Å². The summed E-state index contributed by atoms with van der Waals surface area (Å²) in [6.07, 6.45) is 1.18. The second-order valence-electron chi connectivity index (χ2n) is 6.79. The normalized spacial score (nSPS) is 14.0. The Kier molecular flexibility index (Phi) is 7.12. The van der Waals surface area contributed by atoms with Crippen molar-refractivity contribution in [2.75, 3.05) is 31.2 Å². The molecule has 1 amide bonds. The SMILES string of the molecule is CCCc1nc(N2CCOCC2)cc(C)c1OC(=O)NCc1ccc(Cl)cc1. The summed E-state index contributed by atoms with van der Waals surface area (Å²) in [4.78, 5) is 19.3. The Morgan fingerprint density at radius 2 is 2.00 bits per heavy atom. The monoisotopic (exact) mass is 403 g/mol. The van der Waals surface area contributed by atoms with Crippen molar-refractivity contribution in [1.82, 2.24) is 10.3 Å². The van der Waals surface area contributed by atoms with Crippen molar-refractivity contribution in [2.24, 2.45) is 0 Å². The molecule has 150 valence electrons. The number of ether oxygens (including phenoxy) is 2. The van der Waals surface area contributed by atoms with E-state index in [1.807, 2.05) is 25.1 Å². The van der Waals surface area contributed by atoms with Crippen LogP contribution in [-0.4, -0.2) is 37.4 Å². The maximum Gasteiger partial charge on any atom is 0.412 e. The number of anilines is 1. The highest BCUT2D eigenvalue weighted by Crippen LogP contribution is 2.28. The molecule has 2 heterocycles. The van der Waals surface area contributed by atoms with Crippen LogP contribution in [0.3, 0.4) is 0 Å². The molecule has 1 N–H and O–H groups in total. The number of aromatic nitrogens is 1. The number of nitrogens with zero attached hydrogens (tertiary/aromatic N) is 2. The van der Waals surface area contributed by atoms with E-state index in [9.17, 15) is 4.79 Å². The number of amides is 1. The molecule has 0 spiro atoms. The number of carbonyl (C=O) groups is 1. The van der Waals surface area contributed by atoms with Crippen LogP contribution in [-0.2, 0) is 17.7 Å². The second kappa shape index (κ2) is 9.75. The maximum absolute atomic E-state index is 12.3. The molecule has 0 atom stereocenters. The van der Waals surface area contributed by atoms with E-state index in [0.29, 0.717) is 30.5 Å². The lowest BCUT2D eigenvalue weighted by Gasteiger charge is -2.29. The zero-order chi connectivity index (χ0) is 19.9. The van der Waals surface area contributed by atoms with Gasteiger partial charge in [0.05, 0.1) is 18.9 Å². The zero-order valence-electron chi connectivity index (χ0n) is 16.3. The fourth-order valence-corrected chi connectivity index (χ4v) is 3.24. The molecule has 3 rings (SSSR count). The molecule has 6 nitrogen and oxygen atoms in total. The third-order valence-electron chi connectivity index (χ3n) is 4.58. The van der Waals surface area contributed by atoms with Crippen molar-refractivity contribution < 1.29 is 14.3 Å². The molecule has 1 aromatic heterocycles. The summed E-state index contributed by atoms with van der Waals surface area (Å²) >= 11 is 5.89. The highest BCUT2D eigenvalue weighted by Gasteiger charge is 2.19. The van der Waals surface area contributed by atoms with Crippen LogP contribution in [0.5, 0.6) is 5.75 Å². The van der Waals surface area contributed by atoms with E-state index in [0.717, 1.165) is 48.6 Å². The summed E-state index contributed by atoms with van der Waals surface area (Å²) in [7, 11) is 0. The molecule has 1 aliphatic rings. The summed E-state index contributed by atoms with van der Waals surface area (Å²) in [5, 5.41) is 3.45. The Morgan fingerprint density at radius 1 is 1.29 bits per heavy atom. The first-order chi connectivity index (χ1) is 13.6. The number of carbonyl (C=O) groups excluding carboxylic acids is 1. The minimum absolute atomic E-state index is 0.372. The molecule has 7 heteroatoms. The largest absolute Gasteiger partial charge is 0.412 e. The average molecular weight is 404 g/mol. The maximum atomic E-state index is 12.3. The topological polar surface area (TPSA) is 63.7 Å². The van der Waals surface area contributed by atoms with Crippen LogP contribution in [0.1, 0.15) is 30.2 Å². The Labute approximate surface area is 170 Å². The first-order valence-electron chi connectivity index (χ1n) is 9.60. The fourth-order valence-electron chi connectivity index (χ4n) is 3.11. The van der Waals surface area contributed by atoms with Gasteiger partial charge in [0.1, 0.15) is 5.82 Å². The summed E-state index contributed by atoms with van der Waals surface area (Å²) in [6, 6.07) is 9.31. The Balaban J connectivity index is 1.70. The molecule has 0 unspecified atom stereocenters. The number of pyridine rings is 1. The van der Waals surface area contributed by atoms with E-state index >= 15 is 0 Å². The molecule has 0 bridgehead atoms. The number of morpholine rings is 1. The van der Waals surface area contributed by atoms with Crippen LogP contribution in [0, 0.1) is 6.92 Å². The summed E-state index contributed by atoms with van der Waals surface area (Å²) in [6.45, 7) is 7.46. The smallest absolute Gasteiger partial charge is 0.408 e. The first kappa shape index (κ1) is 20.4. The van der Waals surface area contributed by atoms with Gasteiger partial charge in [0.2, 0.25) is 0 Å². The Bertz CT molecular complexity index is 805. The lowest BCUT2D eigenvalue weighted by molar-refractivity contribution is 0.122. The number of halogens is 1. The summed E-state index contributed by atoms with van der Waals surface area (Å²) < 4.78 is 11.1. The molecular formula is C21H26ClN3O3. The number of aryl methyl sites for hydroxylation is 2. The van der Waals surface area contributed by atoms with Gasteiger partial charge in [-0.1, -0.05) is 37.1 Å². The first-order valence-corrected chi connectivity index (χ1v) is 9.98. The van der Waals surface area contributed by atoms with Gasteiger partial charge in [-0.05, 0) is 42.7 Å². The number of hydrogen-bond donors (Lipinski definition) is 1. The van der Waals surface area contributed by atoms with Gasteiger partial charge in [-0.2, -0.15) is 0 Å². The van der Waals surface area contributed by atoms with Crippen molar-refractivity contribution in [3.8, 4) is 5.75 Å². The van der Waals surface area contributed by atoms with E-state index in [2.05, 4.69) is 17.1 Å². The molecule has 0 saturated carbocycles. The predicted molar refractivity (Wildman–Crippen MR) is 110 cm³/mol. The quantitative estimate of drug-likeness (QED) is 0.785. The number of rotatable bonds is 6. The highest BCUT2D eigenvalue weighted by atomic mass is 35.5. The lowest BCUT2D eigenvalue weighted by Crippen LogP contribution is -2.37. The minimum atomic E-state index is -0.490. The van der Waals surface area contributed by atoms with Crippen LogP contribution < -0.4 is 15.0 Å². The molecular weight excluding hydrogens is 378 g/mol. The van der Waals surface area contributed by atoms with Crippen molar-refractivity contribution >= 4 is 23.5 Å². The molecule has 28 heavy (non-hydrogen) atoms. The van der Waals surface area contributed by atoms with Crippen LogP contribution in [0.2, 0.25) is 5.02 Å². The molecule has 2 aromatic rings. The van der Waals surface area contributed by atoms with Gasteiger partial charge in [0.15, 0.2) is 5.75 Å². The number of benzene rings is 1. The highest BCUT2D eigenvalue weighted by molar-refractivity contribution is 6.30. The van der Waals surface area contributed by atoms with E-state index in [1.54, 1.807) is 12.1 Å². The minimum Gasteiger partial charge on any atom is -0.408 e. The average Bonchev–Trinajstić information content (AvgIpc) is 2.71. The van der Waals surface area contributed by atoms with Gasteiger partial charge in [0.25, 0.3) is 0 Å². The second-order valence-corrected chi connectivity index (χ2v) is 7.23. The van der Waals surface area contributed by atoms with Crippen LogP contribution in [0.25, 0.3) is 0 Å². The standard InChI is InChI=1S/C21H26ClN3O3/c1-3-4-18-20(15(2)13-19(24-18)25-9-11-27-12-10-25)28-21(26)23-14-16-5-7-17(22)8-6-16/h5-8,13H,3-4,9-12,14H2,1-2H3,(H,23,26). The van der Waals surface area contributed by atoms with Crippen molar-refractivity contribution in [3.05, 3.63) is 52.2 Å². The van der Waals surface area contributed by atoms with Crippen molar-refractivity contribution in [2.45, 2.75) is 33.2 Å². The van der Waals surface area contributed by atoms with E-state index in [-0.39, 0.29) is 0 Å². The number of nitrogens with one attached hydrogen (secondary N) is 1. The fraction of sp³-hybridized carbons (Fsp3) is 0.429. The molecule has 1 fully saturated rings. The zero-order valence-corrected chi connectivity index (χ0v) is 17.1. The third-order valence-corrected chi connectivity index (χ3v) is 4.83. The van der Waals surface area contributed by atoms with Gasteiger partial charge >= 0.3 is 6.09 Å². The van der Waals surface area contributed by atoms with Crippen LogP contribution in [0.15, 0.2) is 30.3 Å². The predicted octanol–water partition coefficient (Wildman–Crippen LogP) is 4.12. The molecule has 1 aliphatic heterocycles. The Hall–Kier alpha value is -2.31. The van der Waals surface area contributed by atoms with Gasteiger partial charge in [-0.15, -0.1) is 0 Å². The number of hydrogen-bond acceptors (Lipinski definition) is 5. The van der Waals surface area contributed by atoms with E-state index in [1.165, 1.54) is 0 Å². The molecule has 0 radical (unpaired) electrons. The lowest BCUT2D eigenvalue weighted by atomic mass is 10.1. The van der Waals surface area contributed by atoms with Crippen LogP contribution in [0.4, 0.5) is 10.6 Å². The van der Waals surface area contributed by atoms with Gasteiger partial charge in [-0.25, -0.2) is 9.78 Å². The van der Waals surface area contributed by atoms with Crippen molar-refractivity contribution in [1.29, 1.82) is 0 Å². The molecule has 1 aromatic carbocycles. The molecule has 0 aliphatic carbocycles. The molecule has 1 saturated heterocycles. The third kappa shape index (κ3) is 5.36. The van der Waals surface area contributed by atoms with Gasteiger partial charge in [-0.3, -0.25) is 0 Å². The van der Waals surface area contributed by atoms with E-state index in [4.69, 9.17) is 26.1 Å². The summed E-state index contributed by atoms with van der Waals surface area (Å²) in [5.74, 6) is 1.46. The Morgan fingerprint density at radius 3 is 2.68 bits per heavy atom. The van der Waals surface area contributed by atoms with Gasteiger partial charge in [0, 0.05) is 24.7 Å². The van der Waals surface area contributed by atoms with E-state index < -0.39 is 6.09 Å². The van der Waals surface area contributed by atoms with Crippen molar-refractivity contribution in [3.63, 3.8) is 0 Å². The van der Waals surface area contributed by atoms with Crippen LogP contribution >= 0.6 is 11.6 Å². The summed E-state index contributed by atoms with van der Waals surface area (Å²) in [5.41, 5.74) is 2.67.